The van der Waals surface area contributed by atoms with Crippen molar-refractivity contribution in [3.8, 4) is 5.75 Å². The quantitative estimate of drug-likeness (QED) is 0.850. The van der Waals surface area contributed by atoms with E-state index in [0.717, 1.165) is 18.7 Å². The van der Waals surface area contributed by atoms with E-state index in [4.69, 9.17) is 27.9 Å². The number of nitrogens with one attached hydrogen (secondary N) is 1. The van der Waals surface area contributed by atoms with E-state index < -0.39 is 0 Å². The number of rotatable bonds is 5. The summed E-state index contributed by atoms with van der Waals surface area (Å²) in [4.78, 5) is 25.5. The molecule has 0 aliphatic carbocycles. The van der Waals surface area contributed by atoms with Gasteiger partial charge in [0.1, 0.15) is 10.8 Å². The molecule has 25 heavy (non-hydrogen) atoms. The van der Waals surface area contributed by atoms with Crippen molar-refractivity contribution in [3.63, 3.8) is 0 Å². The van der Waals surface area contributed by atoms with Crippen LogP contribution in [0.2, 0.25) is 10.0 Å². The average molecular weight is 379 g/mol. The number of amides is 2. The fourth-order valence-electron chi connectivity index (χ4n) is 2.58. The Morgan fingerprint density at radius 1 is 1.16 bits per heavy atom. The van der Waals surface area contributed by atoms with Crippen molar-refractivity contribution in [2.24, 2.45) is 0 Å². The molecule has 0 unspecified atom stereocenters. The maximum Gasteiger partial charge on any atom is 0.262 e. The number of hydrogen-bond donors (Lipinski definition) is 1. The van der Waals surface area contributed by atoms with Gasteiger partial charge in [0.05, 0.1) is 5.02 Å². The lowest BCUT2D eigenvalue weighted by atomic mass is 10.2. The van der Waals surface area contributed by atoms with Crippen LogP contribution in [-0.4, -0.2) is 25.0 Å². The minimum atomic E-state index is -0.318. The van der Waals surface area contributed by atoms with Gasteiger partial charge in [-0.2, -0.15) is 0 Å². The Bertz CT molecular complexity index is 793. The van der Waals surface area contributed by atoms with Crippen LogP contribution in [0.25, 0.3) is 0 Å². The molecule has 1 fully saturated rings. The van der Waals surface area contributed by atoms with Crippen molar-refractivity contribution in [2.45, 2.75) is 12.8 Å². The van der Waals surface area contributed by atoms with Crippen LogP contribution in [0.5, 0.6) is 5.75 Å². The van der Waals surface area contributed by atoms with Crippen molar-refractivity contribution in [3.05, 3.63) is 52.5 Å². The average Bonchev–Trinajstić information content (AvgIpc) is 3.03. The van der Waals surface area contributed by atoms with Gasteiger partial charge in [0, 0.05) is 24.3 Å². The van der Waals surface area contributed by atoms with Gasteiger partial charge in [-0.15, -0.1) is 0 Å². The Labute approximate surface area is 155 Å². The third-order valence-electron chi connectivity index (χ3n) is 3.81. The van der Waals surface area contributed by atoms with Crippen molar-refractivity contribution in [2.75, 3.05) is 23.4 Å². The van der Waals surface area contributed by atoms with Crippen LogP contribution in [0.4, 0.5) is 11.4 Å². The third kappa shape index (κ3) is 4.24. The number of carbonyl (C=O) groups excluding carboxylic acids is 2. The molecule has 1 aliphatic rings. The van der Waals surface area contributed by atoms with Crippen LogP contribution in [-0.2, 0) is 9.59 Å². The fraction of sp³-hybridized carbons (Fsp3) is 0.222. The second kappa shape index (κ2) is 7.76. The normalized spacial score (nSPS) is 13.8. The molecule has 0 atom stereocenters. The van der Waals surface area contributed by atoms with Crippen LogP contribution in [0.15, 0.2) is 42.5 Å². The molecule has 7 heteroatoms. The van der Waals surface area contributed by atoms with Crippen LogP contribution >= 0.6 is 23.2 Å². The standard InChI is InChI=1S/C18H16Cl2N2O3/c19-14-3-1-4-15(18(14)20)25-11-16(23)21-12-6-8-13(9-7-12)22-10-2-5-17(22)24/h1,3-4,6-9H,2,5,10-11H2,(H,21,23). The Hall–Kier alpha value is -2.24. The van der Waals surface area contributed by atoms with Crippen LogP contribution < -0.4 is 15.0 Å². The monoisotopic (exact) mass is 378 g/mol. The molecule has 2 aromatic carbocycles. The number of halogens is 2. The van der Waals surface area contributed by atoms with Crippen LogP contribution in [0.1, 0.15) is 12.8 Å². The minimum absolute atomic E-state index is 0.128. The zero-order valence-corrected chi connectivity index (χ0v) is 14.8. The predicted octanol–water partition coefficient (Wildman–Crippen LogP) is 4.14. The second-order valence-corrected chi connectivity index (χ2v) is 6.37. The molecule has 1 saturated heterocycles. The van der Waals surface area contributed by atoms with Gasteiger partial charge in [-0.05, 0) is 42.8 Å². The molecule has 130 valence electrons. The maximum absolute atomic E-state index is 12.0. The Kier molecular flexibility index (Phi) is 5.46. The van der Waals surface area contributed by atoms with Crippen molar-refractivity contribution in [1.82, 2.24) is 0 Å². The number of benzene rings is 2. The number of nitrogens with zero attached hydrogens (tertiary/aromatic N) is 1. The zero-order chi connectivity index (χ0) is 17.8. The number of hydrogen-bond acceptors (Lipinski definition) is 3. The molecule has 2 aromatic rings. The van der Waals surface area contributed by atoms with E-state index in [0.29, 0.717) is 22.9 Å². The van der Waals surface area contributed by atoms with E-state index in [1.54, 1.807) is 35.2 Å². The fourth-order valence-corrected chi connectivity index (χ4v) is 2.93. The van der Waals surface area contributed by atoms with E-state index in [-0.39, 0.29) is 23.4 Å². The summed E-state index contributed by atoms with van der Waals surface area (Å²) in [5.41, 5.74) is 1.46. The molecule has 1 aliphatic heterocycles. The van der Waals surface area contributed by atoms with E-state index in [1.807, 2.05) is 12.1 Å². The third-order valence-corrected chi connectivity index (χ3v) is 4.61. The molecule has 5 nitrogen and oxygen atoms in total. The van der Waals surface area contributed by atoms with E-state index in [2.05, 4.69) is 5.32 Å². The molecule has 1 heterocycles. The highest BCUT2D eigenvalue weighted by Crippen LogP contribution is 2.31. The van der Waals surface area contributed by atoms with Gasteiger partial charge in [0.25, 0.3) is 5.91 Å². The molecule has 3 rings (SSSR count). The molecule has 0 radical (unpaired) electrons. The molecular formula is C18H16Cl2N2O3. The summed E-state index contributed by atoms with van der Waals surface area (Å²) in [6.07, 6.45) is 1.46. The Balaban J connectivity index is 1.56. The van der Waals surface area contributed by atoms with Gasteiger partial charge in [0.2, 0.25) is 5.91 Å². The van der Waals surface area contributed by atoms with Gasteiger partial charge in [-0.1, -0.05) is 29.3 Å². The van der Waals surface area contributed by atoms with E-state index in [1.165, 1.54) is 0 Å². The van der Waals surface area contributed by atoms with Gasteiger partial charge in [-0.3, -0.25) is 9.59 Å². The van der Waals surface area contributed by atoms with Gasteiger partial charge >= 0.3 is 0 Å². The number of ether oxygens (including phenoxy) is 1. The smallest absolute Gasteiger partial charge is 0.262 e. The first kappa shape index (κ1) is 17.6. The molecular weight excluding hydrogens is 363 g/mol. The lowest BCUT2D eigenvalue weighted by Crippen LogP contribution is -2.23. The van der Waals surface area contributed by atoms with Crippen LogP contribution in [0.3, 0.4) is 0 Å². The Morgan fingerprint density at radius 2 is 1.92 bits per heavy atom. The largest absolute Gasteiger partial charge is 0.482 e. The van der Waals surface area contributed by atoms with Crippen molar-refractivity contribution >= 4 is 46.4 Å². The summed E-state index contributed by atoms with van der Waals surface area (Å²) in [5, 5.41) is 3.37. The molecule has 0 bridgehead atoms. The maximum atomic E-state index is 12.0. The molecule has 1 N–H and O–H groups in total. The first-order valence-corrected chi connectivity index (χ1v) is 8.57. The highest BCUT2D eigenvalue weighted by molar-refractivity contribution is 6.42. The van der Waals surface area contributed by atoms with Gasteiger partial charge < -0.3 is 15.0 Å². The Morgan fingerprint density at radius 3 is 2.60 bits per heavy atom. The molecule has 2 amide bonds. The van der Waals surface area contributed by atoms with Gasteiger partial charge in [0.15, 0.2) is 6.61 Å². The highest BCUT2D eigenvalue weighted by atomic mass is 35.5. The molecule has 0 spiro atoms. The predicted molar refractivity (Wildman–Crippen MR) is 98.6 cm³/mol. The summed E-state index contributed by atoms with van der Waals surface area (Å²) in [6.45, 7) is 0.547. The summed E-state index contributed by atoms with van der Waals surface area (Å²) in [7, 11) is 0. The first-order valence-electron chi connectivity index (χ1n) is 7.81. The van der Waals surface area contributed by atoms with Crippen LogP contribution in [0, 0.1) is 0 Å². The summed E-state index contributed by atoms with van der Waals surface area (Å²) in [5.74, 6) is 0.164. The first-order chi connectivity index (χ1) is 12.0. The van der Waals surface area contributed by atoms with Crippen molar-refractivity contribution < 1.29 is 14.3 Å². The van der Waals surface area contributed by atoms with Crippen molar-refractivity contribution in [1.29, 1.82) is 0 Å². The lowest BCUT2D eigenvalue weighted by Gasteiger charge is -2.16. The molecule has 0 aromatic heterocycles. The summed E-state index contributed by atoms with van der Waals surface area (Å²) < 4.78 is 5.39. The lowest BCUT2D eigenvalue weighted by molar-refractivity contribution is -0.118. The van der Waals surface area contributed by atoms with Gasteiger partial charge in [-0.25, -0.2) is 0 Å². The highest BCUT2D eigenvalue weighted by Gasteiger charge is 2.21. The second-order valence-electron chi connectivity index (χ2n) is 5.58. The summed E-state index contributed by atoms with van der Waals surface area (Å²) in [6, 6.07) is 12.1. The number of anilines is 2. The summed E-state index contributed by atoms with van der Waals surface area (Å²) >= 11 is 11.9. The minimum Gasteiger partial charge on any atom is -0.482 e. The van der Waals surface area contributed by atoms with E-state index >= 15 is 0 Å². The molecule has 0 saturated carbocycles. The number of carbonyl (C=O) groups is 2. The van der Waals surface area contributed by atoms with E-state index in [9.17, 15) is 9.59 Å². The SMILES string of the molecule is O=C(COc1cccc(Cl)c1Cl)Nc1ccc(N2CCCC2=O)cc1. The zero-order valence-electron chi connectivity index (χ0n) is 13.3. The topological polar surface area (TPSA) is 58.6 Å².